The molecule has 0 fully saturated rings. The minimum atomic E-state index is 0.539. The Morgan fingerprint density at radius 3 is 2.80 bits per heavy atom. The second kappa shape index (κ2) is 5.78. The lowest BCUT2D eigenvalue weighted by molar-refractivity contribution is 1.05. The normalized spacial score (nSPS) is 11.8. The van der Waals surface area contributed by atoms with Crippen molar-refractivity contribution in [2.24, 2.45) is 16.5 Å². The highest BCUT2D eigenvalue weighted by Crippen LogP contribution is 2.21. The van der Waals surface area contributed by atoms with E-state index in [1.54, 1.807) is 11.8 Å². The van der Waals surface area contributed by atoms with E-state index in [1.165, 1.54) is 0 Å². The standard InChI is InChI=1S/C11H17N3S/c1-8-9(6-12)4-3-5-10(8)14-11(13)7-15-2/h3-5H,6-7,12H2,1-2H3,(H2,13,14). The van der Waals surface area contributed by atoms with Gasteiger partial charge in [-0.15, -0.1) is 0 Å². The monoisotopic (exact) mass is 223 g/mol. The van der Waals surface area contributed by atoms with Crippen LogP contribution in [0.25, 0.3) is 0 Å². The Labute approximate surface area is 95.0 Å². The summed E-state index contributed by atoms with van der Waals surface area (Å²) in [5, 5.41) is 0. The maximum Gasteiger partial charge on any atom is 0.110 e. The van der Waals surface area contributed by atoms with Gasteiger partial charge < -0.3 is 11.5 Å². The second-order valence-electron chi connectivity index (χ2n) is 3.30. The van der Waals surface area contributed by atoms with Gasteiger partial charge in [0.15, 0.2) is 0 Å². The molecule has 1 aromatic carbocycles. The van der Waals surface area contributed by atoms with Crippen LogP contribution in [-0.2, 0) is 6.54 Å². The number of hydrogen-bond acceptors (Lipinski definition) is 3. The zero-order valence-corrected chi connectivity index (χ0v) is 9.97. The van der Waals surface area contributed by atoms with E-state index >= 15 is 0 Å². The van der Waals surface area contributed by atoms with Crippen molar-refractivity contribution in [2.45, 2.75) is 13.5 Å². The van der Waals surface area contributed by atoms with Crippen molar-refractivity contribution in [1.29, 1.82) is 0 Å². The van der Waals surface area contributed by atoms with Gasteiger partial charge in [0, 0.05) is 6.54 Å². The van der Waals surface area contributed by atoms with Crippen LogP contribution in [0.1, 0.15) is 11.1 Å². The molecule has 82 valence electrons. The maximum atomic E-state index is 5.77. The van der Waals surface area contributed by atoms with Crippen molar-refractivity contribution in [3.8, 4) is 0 Å². The van der Waals surface area contributed by atoms with Crippen LogP contribution in [0.15, 0.2) is 23.2 Å². The third-order valence-electron chi connectivity index (χ3n) is 2.19. The Hall–Kier alpha value is -1.00. The van der Waals surface area contributed by atoms with Gasteiger partial charge >= 0.3 is 0 Å². The first-order valence-electron chi connectivity index (χ1n) is 4.79. The molecule has 0 bridgehead atoms. The minimum Gasteiger partial charge on any atom is -0.386 e. The summed E-state index contributed by atoms with van der Waals surface area (Å²) in [6.45, 7) is 2.56. The molecule has 0 saturated carbocycles. The van der Waals surface area contributed by atoms with E-state index in [4.69, 9.17) is 11.5 Å². The molecule has 1 rings (SSSR count). The van der Waals surface area contributed by atoms with Crippen LogP contribution in [0.3, 0.4) is 0 Å². The predicted octanol–water partition coefficient (Wildman–Crippen LogP) is 1.81. The minimum absolute atomic E-state index is 0.539. The lowest BCUT2D eigenvalue weighted by Crippen LogP contribution is -2.13. The average molecular weight is 223 g/mol. The van der Waals surface area contributed by atoms with Gasteiger partial charge in [-0.3, -0.25) is 0 Å². The van der Waals surface area contributed by atoms with Crippen molar-refractivity contribution in [2.75, 3.05) is 12.0 Å². The molecule has 0 aliphatic rings. The largest absolute Gasteiger partial charge is 0.386 e. The molecule has 0 saturated heterocycles. The Morgan fingerprint density at radius 2 is 2.20 bits per heavy atom. The first-order chi connectivity index (χ1) is 7.19. The molecular formula is C11H17N3S. The average Bonchev–Trinajstić information content (AvgIpc) is 2.21. The molecule has 0 aromatic heterocycles. The van der Waals surface area contributed by atoms with Gasteiger partial charge in [-0.2, -0.15) is 11.8 Å². The van der Waals surface area contributed by atoms with Crippen molar-refractivity contribution < 1.29 is 0 Å². The third kappa shape index (κ3) is 3.25. The molecule has 1 aromatic rings. The molecule has 0 aliphatic carbocycles. The maximum absolute atomic E-state index is 5.77. The molecule has 15 heavy (non-hydrogen) atoms. The zero-order chi connectivity index (χ0) is 11.3. The molecule has 0 radical (unpaired) electrons. The highest BCUT2D eigenvalue weighted by Gasteiger charge is 2.01. The number of rotatable bonds is 4. The van der Waals surface area contributed by atoms with Gasteiger partial charge in [-0.25, -0.2) is 4.99 Å². The smallest absolute Gasteiger partial charge is 0.110 e. The fourth-order valence-electron chi connectivity index (χ4n) is 1.35. The zero-order valence-electron chi connectivity index (χ0n) is 9.16. The van der Waals surface area contributed by atoms with E-state index in [9.17, 15) is 0 Å². The number of thioether (sulfide) groups is 1. The number of hydrogen-bond donors (Lipinski definition) is 2. The predicted molar refractivity (Wildman–Crippen MR) is 68.7 cm³/mol. The quantitative estimate of drug-likeness (QED) is 0.604. The van der Waals surface area contributed by atoms with Crippen molar-refractivity contribution in [1.82, 2.24) is 0 Å². The van der Waals surface area contributed by atoms with Crippen LogP contribution in [0.5, 0.6) is 0 Å². The number of benzene rings is 1. The first kappa shape index (κ1) is 12.1. The van der Waals surface area contributed by atoms with Gasteiger partial charge in [-0.1, -0.05) is 12.1 Å². The molecule has 0 unspecified atom stereocenters. The third-order valence-corrected chi connectivity index (χ3v) is 2.78. The van der Waals surface area contributed by atoms with Crippen LogP contribution in [0, 0.1) is 6.92 Å². The lowest BCUT2D eigenvalue weighted by Gasteiger charge is -2.06. The van der Waals surface area contributed by atoms with Gasteiger partial charge in [-0.05, 0) is 30.4 Å². The number of nitrogens with zero attached hydrogens (tertiary/aromatic N) is 1. The highest BCUT2D eigenvalue weighted by molar-refractivity contribution is 7.99. The van der Waals surface area contributed by atoms with Crippen LogP contribution < -0.4 is 11.5 Å². The van der Waals surface area contributed by atoms with Gasteiger partial charge in [0.2, 0.25) is 0 Å². The summed E-state index contributed by atoms with van der Waals surface area (Å²) in [4.78, 5) is 4.37. The van der Waals surface area contributed by atoms with E-state index < -0.39 is 0 Å². The molecule has 0 aliphatic heterocycles. The van der Waals surface area contributed by atoms with Gasteiger partial charge in [0.05, 0.1) is 11.4 Å². The number of aliphatic imine (C=N–C) groups is 1. The van der Waals surface area contributed by atoms with E-state index in [0.717, 1.165) is 22.6 Å². The summed E-state index contributed by atoms with van der Waals surface area (Å²) in [6, 6.07) is 5.93. The van der Waals surface area contributed by atoms with E-state index in [-0.39, 0.29) is 0 Å². The Balaban J connectivity index is 2.99. The van der Waals surface area contributed by atoms with Crippen LogP contribution >= 0.6 is 11.8 Å². The summed E-state index contributed by atoms with van der Waals surface area (Å²) in [5.74, 6) is 1.41. The highest BCUT2D eigenvalue weighted by atomic mass is 32.2. The molecule has 0 heterocycles. The van der Waals surface area contributed by atoms with Gasteiger partial charge in [0.1, 0.15) is 5.84 Å². The molecule has 0 spiro atoms. The Bertz CT molecular complexity index is 361. The van der Waals surface area contributed by atoms with E-state index in [1.807, 2.05) is 31.4 Å². The molecule has 0 atom stereocenters. The summed E-state index contributed by atoms with van der Waals surface area (Å²) in [6.07, 6.45) is 2.01. The van der Waals surface area contributed by atoms with Crippen molar-refractivity contribution >= 4 is 23.3 Å². The lowest BCUT2D eigenvalue weighted by atomic mass is 10.1. The molecule has 4 N–H and O–H groups in total. The molecular weight excluding hydrogens is 206 g/mol. The van der Waals surface area contributed by atoms with Gasteiger partial charge in [0.25, 0.3) is 0 Å². The fraction of sp³-hybridized carbons (Fsp3) is 0.364. The topological polar surface area (TPSA) is 64.4 Å². The SMILES string of the molecule is CSCC(N)=Nc1cccc(CN)c1C. The van der Waals surface area contributed by atoms with Crippen LogP contribution in [-0.4, -0.2) is 17.8 Å². The van der Waals surface area contributed by atoms with Crippen molar-refractivity contribution in [3.63, 3.8) is 0 Å². The molecule has 3 nitrogen and oxygen atoms in total. The van der Waals surface area contributed by atoms with E-state index in [2.05, 4.69) is 4.99 Å². The number of amidine groups is 1. The van der Waals surface area contributed by atoms with Crippen LogP contribution in [0.2, 0.25) is 0 Å². The molecule has 4 heteroatoms. The summed E-state index contributed by atoms with van der Waals surface area (Å²) in [5.41, 5.74) is 14.6. The Kier molecular flexibility index (Phi) is 4.65. The summed E-state index contributed by atoms with van der Waals surface area (Å²) in [7, 11) is 0. The molecule has 0 amide bonds. The fourth-order valence-corrected chi connectivity index (χ4v) is 1.71. The summed E-state index contributed by atoms with van der Waals surface area (Å²) >= 11 is 1.66. The van der Waals surface area contributed by atoms with Crippen molar-refractivity contribution in [3.05, 3.63) is 29.3 Å². The first-order valence-corrected chi connectivity index (χ1v) is 6.19. The van der Waals surface area contributed by atoms with Crippen LogP contribution in [0.4, 0.5) is 5.69 Å². The van der Waals surface area contributed by atoms with E-state index in [0.29, 0.717) is 12.4 Å². The number of nitrogens with two attached hydrogens (primary N) is 2. The summed E-state index contributed by atoms with van der Waals surface area (Å²) < 4.78 is 0. The Morgan fingerprint density at radius 1 is 1.47 bits per heavy atom. The second-order valence-corrected chi connectivity index (χ2v) is 4.17.